The smallest absolute Gasteiger partial charge is 0.224 e. The summed E-state index contributed by atoms with van der Waals surface area (Å²) in [6.07, 6.45) is 0.262. The number of rotatable bonds is 2. The maximum absolute atomic E-state index is 13.3. The maximum Gasteiger partial charge on any atom is 0.224 e. The molecule has 1 aromatic carbocycles. The number of benzene rings is 1. The highest BCUT2D eigenvalue weighted by molar-refractivity contribution is 6.22. The molecule has 0 saturated carbocycles. The number of amides is 1. The molecule has 0 N–H and O–H groups in total. The van der Waals surface area contributed by atoms with Gasteiger partial charge in [0.05, 0.1) is 5.38 Å². The van der Waals surface area contributed by atoms with Crippen LogP contribution in [0.25, 0.3) is 0 Å². The largest absolute Gasteiger partial charge is 0.337 e. The topological polar surface area (TPSA) is 20.3 Å². The third-order valence-electron chi connectivity index (χ3n) is 2.56. The monoisotopic (exact) mass is 245 g/mol. The van der Waals surface area contributed by atoms with Crippen molar-refractivity contribution in [1.82, 2.24) is 4.90 Å². The fourth-order valence-corrected chi connectivity index (χ4v) is 2.05. The second kappa shape index (κ2) is 4.37. The molecule has 1 amide bonds. The number of alkyl halides is 1. The van der Waals surface area contributed by atoms with Gasteiger partial charge < -0.3 is 4.90 Å². The van der Waals surface area contributed by atoms with Crippen LogP contribution >= 0.6 is 11.6 Å². The molecule has 16 heavy (non-hydrogen) atoms. The summed E-state index contributed by atoms with van der Waals surface area (Å²) in [4.78, 5) is 12.9. The van der Waals surface area contributed by atoms with Crippen LogP contribution in [-0.4, -0.2) is 22.7 Å². The molecule has 0 aromatic heterocycles. The van der Waals surface area contributed by atoms with Crippen LogP contribution in [0, 0.1) is 11.6 Å². The second-order valence-corrected chi connectivity index (χ2v) is 4.41. The normalized spacial score (nSPS) is 20.6. The van der Waals surface area contributed by atoms with Crippen molar-refractivity contribution in [3.63, 3.8) is 0 Å². The average Bonchev–Trinajstić information content (AvgIpc) is 2.53. The lowest BCUT2D eigenvalue weighted by Crippen LogP contribution is -2.25. The Labute approximate surface area is 96.8 Å². The molecule has 0 aliphatic carbocycles. The Bertz CT molecular complexity index is 424. The van der Waals surface area contributed by atoms with E-state index in [1.165, 1.54) is 17.0 Å². The lowest BCUT2D eigenvalue weighted by molar-refractivity contribution is -0.128. The van der Waals surface area contributed by atoms with Crippen LogP contribution in [0.5, 0.6) is 0 Å². The van der Waals surface area contributed by atoms with Gasteiger partial charge in [-0.3, -0.25) is 4.79 Å². The quantitative estimate of drug-likeness (QED) is 0.733. The first kappa shape index (κ1) is 11.3. The number of carbonyl (C=O) groups excluding carboxylic acids is 1. The first-order valence-corrected chi connectivity index (χ1v) is 5.36. The summed E-state index contributed by atoms with van der Waals surface area (Å²) in [5.41, 5.74) is 0.180. The summed E-state index contributed by atoms with van der Waals surface area (Å²) in [6, 6.07) is 3.94. The van der Waals surface area contributed by atoms with E-state index in [-0.39, 0.29) is 29.8 Å². The zero-order chi connectivity index (χ0) is 11.7. The fourth-order valence-electron chi connectivity index (χ4n) is 1.75. The molecule has 1 fully saturated rings. The molecule has 0 radical (unpaired) electrons. The van der Waals surface area contributed by atoms with Gasteiger partial charge in [0, 0.05) is 25.1 Å². The number of hydrogen-bond donors (Lipinski definition) is 0. The van der Waals surface area contributed by atoms with Crippen molar-refractivity contribution in [3.8, 4) is 0 Å². The Morgan fingerprint density at radius 3 is 2.81 bits per heavy atom. The molecule has 1 unspecified atom stereocenters. The van der Waals surface area contributed by atoms with E-state index in [0.29, 0.717) is 6.54 Å². The highest BCUT2D eigenvalue weighted by Crippen LogP contribution is 2.20. The van der Waals surface area contributed by atoms with Gasteiger partial charge in [0.1, 0.15) is 0 Å². The van der Waals surface area contributed by atoms with Crippen LogP contribution < -0.4 is 0 Å². The highest BCUT2D eigenvalue weighted by atomic mass is 35.5. The van der Waals surface area contributed by atoms with Gasteiger partial charge in [-0.15, -0.1) is 11.6 Å². The van der Waals surface area contributed by atoms with E-state index < -0.39 is 11.6 Å². The standard InChI is InChI=1S/C11H10ClF2NO/c12-8-4-10(16)15(6-8)5-7-2-1-3-9(13)11(7)14/h1-3,8H,4-6H2. The summed E-state index contributed by atoms with van der Waals surface area (Å²) in [7, 11) is 0. The summed E-state index contributed by atoms with van der Waals surface area (Å²) in [6.45, 7) is 0.460. The minimum Gasteiger partial charge on any atom is -0.337 e. The first-order chi connectivity index (χ1) is 7.58. The SMILES string of the molecule is O=C1CC(Cl)CN1Cc1cccc(F)c1F. The van der Waals surface area contributed by atoms with Crippen LogP contribution in [0.1, 0.15) is 12.0 Å². The van der Waals surface area contributed by atoms with Gasteiger partial charge in [0.2, 0.25) is 5.91 Å². The van der Waals surface area contributed by atoms with Crippen LogP contribution in [0.3, 0.4) is 0 Å². The van der Waals surface area contributed by atoms with Gasteiger partial charge in [0.15, 0.2) is 11.6 Å². The van der Waals surface area contributed by atoms with Crippen molar-refractivity contribution in [2.45, 2.75) is 18.3 Å². The Hall–Kier alpha value is -1.16. The van der Waals surface area contributed by atoms with Crippen molar-refractivity contribution in [1.29, 1.82) is 0 Å². The Balaban J connectivity index is 2.15. The zero-order valence-corrected chi connectivity index (χ0v) is 9.18. The second-order valence-electron chi connectivity index (χ2n) is 3.79. The molecule has 2 rings (SSSR count). The third-order valence-corrected chi connectivity index (χ3v) is 2.85. The van der Waals surface area contributed by atoms with Crippen LogP contribution in [0.2, 0.25) is 0 Å². The van der Waals surface area contributed by atoms with Crippen molar-refractivity contribution in [2.24, 2.45) is 0 Å². The Kier molecular flexibility index (Phi) is 3.10. The van der Waals surface area contributed by atoms with E-state index in [1.807, 2.05) is 0 Å². The van der Waals surface area contributed by atoms with E-state index in [0.717, 1.165) is 6.07 Å². The van der Waals surface area contributed by atoms with Crippen molar-refractivity contribution in [3.05, 3.63) is 35.4 Å². The van der Waals surface area contributed by atoms with Gasteiger partial charge in [-0.2, -0.15) is 0 Å². The Morgan fingerprint density at radius 2 is 2.19 bits per heavy atom. The fraction of sp³-hybridized carbons (Fsp3) is 0.364. The van der Waals surface area contributed by atoms with Gasteiger partial charge in [-0.1, -0.05) is 12.1 Å². The summed E-state index contributed by atoms with van der Waals surface area (Å²) in [5.74, 6) is -1.91. The molecule has 2 nitrogen and oxygen atoms in total. The molecule has 1 heterocycles. The van der Waals surface area contributed by atoms with E-state index in [4.69, 9.17) is 11.6 Å². The minimum absolute atomic E-state index is 0.0750. The number of likely N-dealkylation sites (tertiary alicyclic amines) is 1. The first-order valence-electron chi connectivity index (χ1n) is 4.92. The van der Waals surface area contributed by atoms with Crippen LogP contribution in [0.15, 0.2) is 18.2 Å². The van der Waals surface area contributed by atoms with Gasteiger partial charge in [-0.05, 0) is 6.07 Å². The average molecular weight is 246 g/mol. The van der Waals surface area contributed by atoms with Crippen LogP contribution in [-0.2, 0) is 11.3 Å². The van der Waals surface area contributed by atoms with E-state index in [2.05, 4.69) is 0 Å². The van der Waals surface area contributed by atoms with Gasteiger partial charge in [-0.25, -0.2) is 8.78 Å². The van der Waals surface area contributed by atoms with Crippen molar-refractivity contribution >= 4 is 17.5 Å². The molecular weight excluding hydrogens is 236 g/mol. The molecule has 1 atom stereocenters. The number of hydrogen-bond acceptors (Lipinski definition) is 1. The van der Waals surface area contributed by atoms with E-state index >= 15 is 0 Å². The van der Waals surface area contributed by atoms with Crippen LogP contribution in [0.4, 0.5) is 8.78 Å². The number of carbonyl (C=O) groups is 1. The minimum atomic E-state index is -0.897. The molecule has 1 aliphatic heterocycles. The summed E-state index contributed by atoms with van der Waals surface area (Å²) >= 11 is 5.81. The van der Waals surface area contributed by atoms with E-state index in [9.17, 15) is 13.6 Å². The third kappa shape index (κ3) is 2.16. The zero-order valence-electron chi connectivity index (χ0n) is 8.42. The molecule has 0 bridgehead atoms. The maximum atomic E-state index is 13.3. The summed E-state index contributed by atoms with van der Waals surface area (Å²) < 4.78 is 26.3. The summed E-state index contributed by atoms with van der Waals surface area (Å²) in [5, 5.41) is -0.232. The van der Waals surface area contributed by atoms with Gasteiger partial charge in [0.25, 0.3) is 0 Å². The molecule has 1 aliphatic rings. The predicted molar refractivity (Wildman–Crippen MR) is 56.0 cm³/mol. The molecular formula is C11H10ClF2NO. The van der Waals surface area contributed by atoms with Crippen molar-refractivity contribution < 1.29 is 13.6 Å². The van der Waals surface area contributed by atoms with Gasteiger partial charge >= 0.3 is 0 Å². The Morgan fingerprint density at radius 1 is 1.44 bits per heavy atom. The number of halogens is 3. The highest BCUT2D eigenvalue weighted by Gasteiger charge is 2.28. The van der Waals surface area contributed by atoms with E-state index in [1.54, 1.807) is 0 Å². The molecule has 0 spiro atoms. The lowest BCUT2D eigenvalue weighted by atomic mass is 10.2. The predicted octanol–water partition coefficient (Wildman–Crippen LogP) is 2.30. The molecule has 5 heteroatoms. The lowest BCUT2D eigenvalue weighted by Gasteiger charge is -2.16. The molecule has 1 aromatic rings. The molecule has 1 saturated heterocycles. The number of nitrogens with zero attached hydrogens (tertiary/aromatic N) is 1. The van der Waals surface area contributed by atoms with Crippen molar-refractivity contribution in [2.75, 3.05) is 6.54 Å². The molecule has 86 valence electrons.